The third-order valence-corrected chi connectivity index (χ3v) is 3.89. The Balaban J connectivity index is 1.86. The van der Waals surface area contributed by atoms with Gasteiger partial charge in [-0.05, 0) is 44.0 Å². The van der Waals surface area contributed by atoms with Gasteiger partial charge >= 0.3 is 5.97 Å². The molecule has 2 rings (SSSR count). The number of carboxylic acid groups (broad SMARTS) is 1. The van der Waals surface area contributed by atoms with Crippen LogP contribution in [0.5, 0.6) is 0 Å². The Morgan fingerprint density at radius 2 is 1.96 bits per heavy atom. The predicted octanol–water partition coefficient (Wildman–Crippen LogP) is 1.64. The van der Waals surface area contributed by atoms with Crippen LogP contribution in [0.3, 0.4) is 0 Å². The van der Waals surface area contributed by atoms with Crippen molar-refractivity contribution < 1.29 is 24.2 Å². The molecule has 0 bridgehead atoms. The number of nitrogens with one attached hydrogen (secondary N) is 2. The van der Waals surface area contributed by atoms with Crippen molar-refractivity contribution in [3.63, 3.8) is 0 Å². The van der Waals surface area contributed by atoms with Gasteiger partial charge in [-0.2, -0.15) is 0 Å². The lowest BCUT2D eigenvalue weighted by Gasteiger charge is -2.26. The fourth-order valence-corrected chi connectivity index (χ4v) is 2.57. The maximum absolute atomic E-state index is 12.2. The zero-order chi connectivity index (χ0) is 17.5. The maximum Gasteiger partial charge on any atom is 0.305 e. The molecule has 1 aromatic carbocycles. The number of rotatable bonds is 6. The number of carbonyl (C=O) groups is 3. The molecule has 7 nitrogen and oxygen atoms in total. The van der Waals surface area contributed by atoms with Crippen molar-refractivity contribution in [2.24, 2.45) is 5.92 Å². The van der Waals surface area contributed by atoms with Crippen molar-refractivity contribution in [2.75, 3.05) is 18.5 Å². The largest absolute Gasteiger partial charge is 0.481 e. The fraction of sp³-hybridized carbons (Fsp3) is 0.471. The zero-order valence-corrected chi connectivity index (χ0v) is 13.6. The number of benzene rings is 1. The molecule has 24 heavy (non-hydrogen) atoms. The molecular formula is C17H22N2O5. The third kappa shape index (κ3) is 5.34. The standard InChI is InChI=1S/C17H22N2O5/c1-11-10-13(7-9-24-11)17(23)19-14-4-2-12(3-5-14)16(22)18-8-6-15(20)21/h2-5,11,13H,6-10H2,1H3,(H,18,22)(H,19,23)(H,20,21). The van der Waals surface area contributed by atoms with Crippen LogP contribution in [0.2, 0.25) is 0 Å². The average molecular weight is 334 g/mol. The molecule has 0 aliphatic carbocycles. The van der Waals surface area contributed by atoms with Gasteiger partial charge in [0.25, 0.3) is 5.91 Å². The van der Waals surface area contributed by atoms with Crippen LogP contribution in [0, 0.1) is 5.92 Å². The van der Waals surface area contributed by atoms with E-state index >= 15 is 0 Å². The van der Waals surface area contributed by atoms with E-state index in [0.29, 0.717) is 30.7 Å². The van der Waals surface area contributed by atoms with E-state index in [1.807, 2.05) is 6.92 Å². The summed E-state index contributed by atoms with van der Waals surface area (Å²) in [4.78, 5) is 34.5. The molecule has 3 N–H and O–H groups in total. The monoisotopic (exact) mass is 334 g/mol. The highest BCUT2D eigenvalue weighted by molar-refractivity contribution is 5.96. The Hall–Kier alpha value is -2.41. The van der Waals surface area contributed by atoms with E-state index in [0.717, 1.165) is 0 Å². The Kier molecular flexibility index (Phi) is 6.31. The molecule has 0 aromatic heterocycles. The molecular weight excluding hydrogens is 312 g/mol. The lowest BCUT2D eigenvalue weighted by molar-refractivity contribution is -0.136. The molecule has 2 amide bonds. The van der Waals surface area contributed by atoms with E-state index in [4.69, 9.17) is 9.84 Å². The van der Waals surface area contributed by atoms with Crippen molar-refractivity contribution in [2.45, 2.75) is 32.3 Å². The number of aliphatic carboxylic acids is 1. The molecule has 7 heteroatoms. The lowest BCUT2D eigenvalue weighted by Crippen LogP contribution is -2.32. The normalized spacial score (nSPS) is 20.2. The van der Waals surface area contributed by atoms with Gasteiger partial charge in [-0.1, -0.05) is 0 Å². The van der Waals surface area contributed by atoms with Gasteiger partial charge in [0.05, 0.1) is 12.5 Å². The number of carboxylic acids is 1. The molecule has 0 radical (unpaired) electrons. The Morgan fingerprint density at radius 1 is 1.25 bits per heavy atom. The Morgan fingerprint density at radius 3 is 2.58 bits per heavy atom. The van der Waals surface area contributed by atoms with Gasteiger partial charge in [-0.3, -0.25) is 14.4 Å². The van der Waals surface area contributed by atoms with Gasteiger partial charge in [0.1, 0.15) is 0 Å². The number of ether oxygens (including phenoxy) is 1. The number of amides is 2. The van der Waals surface area contributed by atoms with Crippen molar-refractivity contribution in [1.82, 2.24) is 5.32 Å². The van der Waals surface area contributed by atoms with Gasteiger partial charge < -0.3 is 20.5 Å². The first-order valence-electron chi connectivity index (χ1n) is 7.98. The first kappa shape index (κ1) is 17.9. The molecule has 2 unspecified atom stereocenters. The molecule has 0 spiro atoms. The van der Waals surface area contributed by atoms with Gasteiger partial charge in [0.15, 0.2) is 0 Å². The van der Waals surface area contributed by atoms with Crippen molar-refractivity contribution in [3.05, 3.63) is 29.8 Å². The quantitative estimate of drug-likeness (QED) is 0.733. The highest BCUT2D eigenvalue weighted by Gasteiger charge is 2.25. The summed E-state index contributed by atoms with van der Waals surface area (Å²) in [5.74, 6) is -1.40. The molecule has 2 atom stereocenters. The van der Waals surface area contributed by atoms with Crippen LogP contribution in [0.25, 0.3) is 0 Å². The van der Waals surface area contributed by atoms with Crippen LogP contribution in [-0.2, 0) is 14.3 Å². The highest BCUT2D eigenvalue weighted by atomic mass is 16.5. The first-order chi connectivity index (χ1) is 11.5. The summed E-state index contributed by atoms with van der Waals surface area (Å²) >= 11 is 0. The summed E-state index contributed by atoms with van der Waals surface area (Å²) in [6.07, 6.45) is 1.38. The smallest absolute Gasteiger partial charge is 0.305 e. The number of anilines is 1. The summed E-state index contributed by atoms with van der Waals surface area (Å²) < 4.78 is 5.44. The Labute approximate surface area is 140 Å². The minimum absolute atomic E-state index is 0.0381. The minimum atomic E-state index is -0.962. The molecule has 1 aliphatic rings. The fourth-order valence-electron chi connectivity index (χ4n) is 2.57. The van der Waals surface area contributed by atoms with Gasteiger partial charge in [0.2, 0.25) is 5.91 Å². The lowest BCUT2D eigenvalue weighted by atomic mass is 9.95. The van der Waals surface area contributed by atoms with E-state index < -0.39 is 5.97 Å². The number of carbonyl (C=O) groups excluding carboxylic acids is 2. The summed E-state index contributed by atoms with van der Waals surface area (Å²) in [5.41, 5.74) is 1.04. The van der Waals surface area contributed by atoms with Gasteiger partial charge in [-0.15, -0.1) is 0 Å². The molecule has 1 heterocycles. The number of hydrogen-bond acceptors (Lipinski definition) is 4. The first-order valence-corrected chi connectivity index (χ1v) is 7.98. The van der Waals surface area contributed by atoms with Gasteiger partial charge in [-0.25, -0.2) is 0 Å². The van der Waals surface area contributed by atoms with Crippen molar-refractivity contribution in [1.29, 1.82) is 0 Å². The van der Waals surface area contributed by atoms with Gasteiger partial charge in [0, 0.05) is 30.3 Å². The van der Waals surface area contributed by atoms with Crippen LogP contribution in [0.15, 0.2) is 24.3 Å². The second-order valence-electron chi connectivity index (χ2n) is 5.87. The van der Waals surface area contributed by atoms with Crippen molar-refractivity contribution in [3.8, 4) is 0 Å². The average Bonchev–Trinajstić information content (AvgIpc) is 2.55. The topological polar surface area (TPSA) is 105 Å². The second kappa shape index (κ2) is 8.44. The summed E-state index contributed by atoms with van der Waals surface area (Å²) in [6, 6.07) is 6.51. The SMILES string of the molecule is CC1CC(C(=O)Nc2ccc(C(=O)NCCC(=O)O)cc2)CCO1. The van der Waals surface area contributed by atoms with E-state index in [2.05, 4.69) is 10.6 Å². The highest BCUT2D eigenvalue weighted by Crippen LogP contribution is 2.21. The molecule has 1 fully saturated rings. The number of hydrogen-bond donors (Lipinski definition) is 3. The molecule has 0 saturated carbocycles. The molecule has 1 aromatic rings. The Bertz CT molecular complexity index is 600. The predicted molar refractivity (Wildman–Crippen MR) is 87.8 cm³/mol. The molecule has 1 aliphatic heterocycles. The van der Waals surface area contributed by atoms with Crippen molar-refractivity contribution >= 4 is 23.5 Å². The summed E-state index contributed by atoms with van der Waals surface area (Å²) in [5, 5.41) is 13.9. The maximum atomic E-state index is 12.2. The van der Waals surface area contributed by atoms with E-state index in [-0.39, 0.29) is 36.8 Å². The van der Waals surface area contributed by atoms with E-state index in [1.54, 1.807) is 24.3 Å². The van der Waals surface area contributed by atoms with Crippen LogP contribution >= 0.6 is 0 Å². The van der Waals surface area contributed by atoms with Crippen LogP contribution in [0.1, 0.15) is 36.5 Å². The summed E-state index contributed by atoms with van der Waals surface area (Å²) in [7, 11) is 0. The van der Waals surface area contributed by atoms with Crippen LogP contribution < -0.4 is 10.6 Å². The van der Waals surface area contributed by atoms with E-state index in [9.17, 15) is 14.4 Å². The van der Waals surface area contributed by atoms with Crippen LogP contribution in [-0.4, -0.2) is 42.1 Å². The minimum Gasteiger partial charge on any atom is -0.481 e. The summed E-state index contributed by atoms with van der Waals surface area (Å²) in [6.45, 7) is 2.63. The van der Waals surface area contributed by atoms with Crippen LogP contribution in [0.4, 0.5) is 5.69 Å². The van der Waals surface area contributed by atoms with E-state index in [1.165, 1.54) is 0 Å². The molecule has 1 saturated heterocycles. The second-order valence-corrected chi connectivity index (χ2v) is 5.87. The zero-order valence-electron chi connectivity index (χ0n) is 13.6. The third-order valence-electron chi connectivity index (χ3n) is 3.89. The molecule has 130 valence electrons.